The van der Waals surface area contributed by atoms with Crippen molar-refractivity contribution in [3.63, 3.8) is 0 Å². The topological polar surface area (TPSA) is 15.4 Å². The van der Waals surface area contributed by atoms with Crippen LogP contribution in [0, 0.1) is 0 Å². The molecule has 0 amide bonds. The van der Waals surface area contributed by atoms with E-state index in [-0.39, 0.29) is 0 Å². The van der Waals surface area contributed by atoms with Crippen LogP contribution in [0.3, 0.4) is 0 Å². The van der Waals surface area contributed by atoms with Gasteiger partial charge in [-0.2, -0.15) is 0 Å². The second kappa shape index (κ2) is 3.57. The van der Waals surface area contributed by atoms with Crippen molar-refractivity contribution in [3.05, 3.63) is 0 Å². The first-order valence-corrected chi connectivity index (χ1v) is 2.36. The summed E-state index contributed by atoms with van der Waals surface area (Å²) in [4.78, 5) is 3.68. The molecule has 0 aromatic heterocycles. The van der Waals surface area contributed by atoms with Crippen molar-refractivity contribution in [1.29, 1.82) is 0 Å². The predicted molar refractivity (Wildman–Crippen MR) is 30.1 cm³/mol. The Balaban J connectivity index is 3.74. The molecule has 0 N–H and O–H groups in total. The van der Waals surface area contributed by atoms with Gasteiger partial charge in [0.05, 0.1) is 13.6 Å². The Bertz CT molecular complexity index is 98.6. The van der Waals surface area contributed by atoms with E-state index in [1.807, 2.05) is 11.6 Å². The quantitative estimate of drug-likeness (QED) is 0.335. The highest BCUT2D eigenvalue weighted by atomic mass is 15.0. The van der Waals surface area contributed by atoms with Crippen LogP contribution in [0.15, 0.2) is 4.99 Å². The maximum absolute atomic E-state index is 3.68. The Morgan fingerprint density at radius 1 is 1.71 bits per heavy atom. The maximum atomic E-state index is 3.68. The minimum Gasteiger partial charge on any atom is -0.223 e. The monoisotopic (exact) mass is 99.1 g/mol. The Hall–Kier alpha value is -0.620. The van der Waals surface area contributed by atoms with E-state index in [0.717, 1.165) is 6.54 Å². The van der Waals surface area contributed by atoms with Gasteiger partial charge in [0.1, 0.15) is 7.05 Å². The second-order valence-corrected chi connectivity index (χ2v) is 1.34. The number of nitrogens with zero attached hydrogens (tertiary/aromatic N) is 2. The van der Waals surface area contributed by atoms with E-state index >= 15 is 0 Å². The first-order valence-electron chi connectivity index (χ1n) is 2.36. The van der Waals surface area contributed by atoms with E-state index in [2.05, 4.69) is 17.9 Å². The summed E-state index contributed by atoms with van der Waals surface area (Å²) < 4.78 is 1.89. The van der Waals surface area contributed by atoms with E-state index in [1.54, 1.807) is 7.05 Å². The molecule has 0 bridgehead atoms. The molecule has 2 nitrogen and oxygen atoms in total. The highest BCUT2D eigenvalue weighted by Crippen LogP contribution is 1.57. The van der Waals surface area contributed by atoms with E-state index in [9.17, 15) is 0 Å². The third kappa shape index (κ3) is 3.20. The van der Waals surface area contributed by atoms with Gasteiger partial charge in [-0.15, -0.1) is 0 Å². The number of rotatable bonds is 1. The Labute approximate surface area is 44.2 Å². The average molecular weight is 99.2 g/mol. The third-order valence-corrected chi connectivity index (χ3v) is 0.745. The highest BCUT2D eigenvalue weighted by Gasteiger charge is 1.76. The molecule has 0 aliphatic rings. The van der Waals surface area contributed by atoms with Crippen molar-refractivity contribution in [2.75, 3.05) is 20.6 Å². The van der Waals surface area contributed by atoms with Gasteiger partial charge >= 0.3 is 6.01 Å². The van der Waals surface area contributed by atoms with Crippen LogP contribution in [0.2, 0.25) is 0 Å². The van der Waals surface area contributed by atoms with E-state index < -0.39 is 0 Å². The SMILES string of the molecule is CC[N+](C)=C=NC. The number of hydrogen-bond donors (Lipinski definition) is 0. The van der Waals surface area contributed by atoms with Crippen molar-refractivity contribution in [3.8, 4) is 0 Å². The van der Waals surface area contributed by atoms with Gasteiger partial charge in [-0.25, -0.2) is 4.58 Å². The van der Waals surface area contributed by atoms with Crippen LogP contribution >= 0.6 is 0 Å². The largest absolute Gasteiger partial charge is 0.305 e. The Kier molecular flexibility index (Phi) is 3.25. The molecule has 0 aromatic carbocycles. The van der Waals surface area contributed by atoms with Gasteiger partial charge in [0.2, 0.25) is 0 Å². The van der Waals surface area contributed by atoms with Crippen LogP contribution in [-0.4, -0.2) is 31.2 Å². The van der Waals surface area contributed by atoms with Gasteiger partial charge in [0.15, 0.2) is 0 Å². The minimum atomic E-state index is 0.970. The smallest absolute Gasteiger partial charge is 0.223 e. The minimum absolute atomic E-state index is 0.970. The first-order chi connectivity index (χ1) is 3.31. The van der Waals surface area contributed by atoms with Gasteiger partial charge in [-0.1, -0.05) is 0 Å². The van der Waals surface area contributed by atoms with Crippen LogP contribution in [0.5, 0.6) is 0 Å². The summed E-state index contributed by atoms with van der Waals surface area (Å²) in [6, 6.07) is 2.75. The summed E-state index contributed by atoms with van der Waals surface area (Å²) in [5.74, 6) is 0. The highest BCUT2D eigenvalue weighted by molar-refractivity contribution is 5.33. The van der Waals surface area contributed by atoms with Crippen LogP contribution in [0.25, 0.3) is 0 Å². The molecule has 0 aliphatic heterocycles. The fourth-order valence-electron chi connectivity index (χ4n) is 0.241. The molecule has 0 aromatic rings. The lowest BCUT2D eigenvalue weighted by atomic mass is 10.7. The van der Waals surface area contributed by atoms with Gasteiger partial charge < -0.3 is 0 Å². The summed E-state index contributed by atoms with van der Waals surface area (Å²) in [5, 5.41) is 0. The van der Waals surface area contributed by atoms with Gasteiger partial charge in [-0.3, -0.25) is 0 Å². The standard InChI is InChI=1S/C5H11N2/c1-4-7(3)5-6-2/h4H2,1-3H3/q+1. The van der Waals surface area contributed by atoms with Crippen molar-refractivity contribution >= 4 is 6.01 Å². The number of hydrogen-bond acceptors (Lipinski definition) is 1. The van der Waals surface area contributed by atoms with Crippen LogP contribution in [0.4, 0.5) is 0 Å². The van der Waals surface area contributed by atoms with Crippen molar-refractivity contribution in [1.82, 2.24) is 0 Å². The molecule has 0 fully saturated rings. The zero-order valence-corrected chi connectivity index (χ0v) is 5.10. The first kappa shape index (κ1) is 6.38. The lowest BCUT2D eigenvalue weighted by molar-refractivity contribution is -0.486. The van der Waals surface area contributed by atoms with E-state index in [4.69, 9.17) is 0 Å². The fraction of sp³-hybridized carbons (Fsp3) is 0.800. The zero-order valence-electron chi connectivity index (χ0n) is 5.10. The predicted octanol–water partition coefficient (Wildman–Crippen LogP) is 0.452. The van der Waals surface area contributed by atoms with Crippen LogP contribution in [-0.2, 0) is 0 Å². The molecule has 0 radical (unpaired) electrons. The molecular formula is C5H11N2+. The molecule has 0 spiro atoms. The van der Waals surface area contributed by atoms with Crippen LogP contribution in [0.1, 0.15) is 6.92 Å². The number of aliphatic imine (C=N–C) groups is 1. The van der Waals surface area contributed by atoms with Crippen LogP contribution < -0.4 is 0 Å². The molecule has 40 valence electrons. The normalized spacial score (nSPS) is 7.29. The van der Waals surface area contributed by atoms with Crippen molar-refractivity contribution in [2.24, 2.45) is 4.99 Å². The molecule has 0 aliphatic carbocycles. The molecule has 0 saturated carbocycles. The molecule has 0 heterocycles. The lowest BCUT2D eigenvalue weighted by Crippen LogP contribution is -2.00. The summed E-state index contributed by atoms with van der Waals surface area (Å²) in [6.45, 7) is 3.02. The third-order valence-electron chi connectivity index (χ3n) is 0.745. The van der Waals surface area contributed by atoms with E-state index in [1.165, 1.54) is 0 Å². The summed E-state index contributed by atoms with van der Waals surface area (Å²) in [7, 11) is 3.65. The Morgan fingerprint density at radius 2 is 2.29 bits per heavy atom. The molecule has 0 rings (SSSR count). The Morgan fingerprint density at radius 3 is 2.43 bits per heavy atom. The van der Waals surface area contributed by atoms with Gasteiger partial charge in [0, 0.05) is 0 Å². The zero-order chi connectivity index (χ0) is 5.70. The van der Waals surface area contributed by atoms with Crippen molar-refractivity contribution < 1.29 is 4.58 Å². The summed E-state index contributed by atoms with van der Waals surface area (Å²) in [6.07, 6.45) is 0. The molecule has 0 atom stereocenters. The van der Waals surface area contributed by atoms with Gasteiger partial charge in [0.25, 0.3) is 0 Å². The summed E-state index contributed by atoms with van der Waals surface area (Å²) in [5.41, 5.74) is 0. The second-order valence-electron chi connectivity index (χ2n) is 1.34. The molecule has 0 unspecified atom stereocenters. The van der Waals surface area contributed by atoms with Crippen molar-refractivity contribution in [2.45, 2.75) is 6.92 Å². The maximum Gasteiger partial charge on any atom is 0.305 e. The average Bonchev–Trinajstić information content (AvgIpc) is 1.68. The molecular weight excluding hydrogens is 88.1 g/mol. The molecule has 0 saturated heterocycles. The van der Waals surface area contributed by atoms with Gasteiger partial charge in [-0.05, 0) is 11.9 Å². The molecule has 2 heteroatoms. The summed E-state index contributed by atoms with van der Waals surface area (Å²) >= 11 is 0. The van der Waals surface area contributed by atoms with E-state index in [0.29, 0.717) is 0 Å². The lowest BCUT2D eigenvalue weighted by Gasteiger charge is -1.80. The molecule has 7 heavy (non-hydrogen) atoms. The fourth-order valence-corrected chi connectivity index (χ4v) is 0.241.